The van der Waals surface area contributed by atoms with Crippen molar-refractivity contribution < 1.29 is 5.11 Å². The van der Waals surface area contributed by atoms with E-state index in [-0.39, 0.29) is 6.61 Å². The maximum Gasteiger partial charge on any atom is 0.0859 e. The number of benzene rings is 1. The van der Waals surface area contributed by atoms with Crippen molar-refractivity contribution in [1.29, 1.82) is 0 Å². The van der Waals surface area contributed by atoms with E-state index in [9.17, 15) is 5.11 Å². The van der Waals surface area contributed by atoms with Gasteiger partial charge >= 0.3 is 0 Å². The average molecular weight is 199 g/mol. The molecule has 0 atom stereocenters. The molecule has 15 heavy (non-hydrogen) atoms. The number of nitrogens with zero attached hydrogens (tertiary/aromatic N) is 1. The van der Waals surface area contributed by atoms with Crippen molar-refractivity contribution in [3.05, 3.63) is 53.9 Å². The zero-order valence-corrected chi connectivity index (χ0v) is 8.64. The quantitative estimate of drug-likeness (QED) is 0.806. The van der Waals surface area contributed by atoms with Gasteiger partial charge in [-0.25, -0.2) is 0 Å². The summed E-state index contributed by atoms with van der Waals surface area (Å²) in [5.41, 5.74) is 3.76. The van der Waals surface area contributed by atoms with E-state index in [0.29, 0.717) is 0 Å². The lowest BCUT2D eigenvalue weighted by Gasteiger charge is -2.07. The third-order valence-corrected chi connectivity index (χ3v) is 2.35. The van der Waals surface area contributed by atoms with Crippen molar-refractivity contribution in [2.24, 2.45) is 0 Å². The standard InChI is InChI=1S/C13H13NO/c1-10-7-8-12(13(9-15)14-10)11-5-3-2-4-6-11/h2-8,15H,9H2,1H3. The highest BCUT2D eigenvalue weighted by Gasteiger charge is 2.04. The normalized spacial score (nSPS) is 10.3. The fourth-order valence-corrected chi connectivity index (χ4v) is 1.61. The van der Waals surface area contributed by atoms with Gasteiger partial charge in [0.1, 0.15) is 0 Å². The van der Waals surface area contributed by atoms with Gasteiger partial charge < -0.3 is 5.11 Å². The Kier molecular flexibility index (Phi) is 2.79. The smallest absolute Gasteiger partial charge is 0.0859 e. The summed E-state index contributed by atoms with van der Waals surface area (Å²) < 4.78 is 0. The molecular weight excluding hydrogens is 186 g/mol. The molecule has 2 heteroatoms. The minimum absolute atomic E-state index is 0.0219. The molecule has 0 unspecified atom stereocenters. The van der Waals surface area contributed by atoms with E-state index >= 15 is 0 Å². The first-order chi connectivity index (χ1) is 7.31. The molecule has 0 amide bonds. The average Bonchev–Trinajstić information content (AvgIpc) is 2.30. The molecule has 2 rings (SSSR count). The topological polar surface area (TPSA) is 33.1 Å². The second-order valence-corrected chi connectivity index (χ2v) is 3.47. The summed E-state index contributed by atoms with van der Waals surface area (Å²) in [7, 11) is 0. The number of aliphatic hydroxyl groups is 1. The van der Waals surface area contributed by atoms with E-state index in [0.717, 1.165) is 22.5 Å². The maximum atomic E-state index is 9.24. The van der Waals surface area contributed by atoms with Gasteiger partial charge in [0.2, 0.25) is 0 Å². The van der Waals surface area contributed by atoms with Gasteiger partial charge in [0.25, 0.3) is 0 Å². The largest absolute Gasteiger partial charge is 0.390 e. The van der Waals surface area contributed by atoms with Crippen molar-refractivity contribution in [3.8, 4) is 11.1 Å². The van der Waals surface area contributed by atoms with Crippen LogP contribution in [0, 0.1) is 6.92 Å². The van der Waals surface area contributed by atoms with Crippen LogP contribution in [-0.4, -0.2) is 10.1 Å². The molecule has 0 fully saturated rings. The first-order valence-electron chi connectivity index (χ1n) is 4.94. The number of aromatic nitrogens is 1. The molecule has 0 bridgehead atoms. The van der Waals surface area contributed by atoms with Crippen LogP contribution in [0.5, 0.6) is 0 Å². The van der Waals surface area contributed by atoms with Crippen molar-refractivity contribution in [3.63, 3.8) is 0 Å². The maximum absolute atomic E-state index is 9.24. The molecule has 0 aliphatic heterocycles. The lowest BCUT2D eigenvalue weighted by atomic mass is 10.0. The van der Waals surface area contributed by atoms with Crippen LogP contribution < -0.4 is 0 Å². The molecule has 1 N–H and O–H groups in total. The number of rotatable bonds is 2. The number of pyridine rings is 1. The van der Waals surface area contributed by atoms with Crippen molar-refractivity contribution in [2.75, 3.05) is 0 Å². The van der Waals surface area contributed by atoms with Crippen molar-refractivity contribution in [2.45, 2.75) is 13.5 Å². The van der Waals surface area contributed by atoms with Gasteiger partial charge in [0.15, 0.2) is 0 Å². The Bertz CT molecular complexity index is 451. The molecule has 0 aliphatic carbocycles. The van der Waals surface area contributed by atoms with Crippen molar-refractivity contribution >= 4 is 0 Å². The third kappa shape index (κ3) is 2.05. The van der Waals surface area contributed by atoms with Crippen LogP contribution in [0.25, 0.3) is 11.1 Å². The Morgan fingerprint density at radius 1 is 1.07 bits per heavy atom. The molecule has 76 valence electrons. The van der Waals surface area contributed by atoms with E-state index in [2.05, 4.69) is 4.98 Å². The molecule has 2 aromatic rings. The number of aryl methyl sites for hydroxylation is 1. The first-order valence-corrected chi connectivity index (χ1v) is 4.94. The van der Waals surface area contributed by atoms with Crippen LogP contribution >= 0.6 is 0 Å². The molecule has 0 radical (unpaired) electrons. The Labute approximate surface area is 89.2 Å². The molecule has 0 saturated heterocycles. The molecule has 1 aromatic heterocycles. The summed E-state index contributed by atoms with van der Waals surface area (Å²) in [6, 6.07) is 13.9. The predicted octanol–water partition coefficient (Wildman–Crippen LogP) is 2.55. The van der Waals surface area contributed by atoms with E-state index in [1.165, 1.54) is 0 Å². The lowest BCUT2D eigenvalue weighted by molar-refractivity contribution is 0.277. The Balaban J connectivity index is 2.53. The minimum atomic E-state index is -0.0219. The summed E-state index contributed by atoms with van der Waals surface area (Å²) in [6.07, 6.45) is 0. The fraction of sp³-hybridized carbons (Fsp3) is 0.154. The van der Waals surface area contributed by atoms with Crippen LogP contribution in [0.4, 0.5) is 0 Å². The third-order valence-electron chi connectivity index (χ3n) is 2.35. The zero-order chi connectivity index (χ0) is 10.7. The molecule has 2 nitrogen and oxygen atoms in total. The van der Waals surface area contributed by atoms with Gasteiger partial charge in [0.05, 0.1) is 12.3 Å². The predicted molar refractivity (Wildman–Crippen MR) is 60.3 cm³/mol. The van der Waals surface area contributed by atoms with Crippen LogP contribution in [0.15, 0.2) is 42.5 Å². The van der Waals surface area contributed by atoms with Gasteiger partial charge in [-0.1, -0.05) is 36.4 Å². The second kappa shape index (κ2) is 4.24. The molecule has 1 heterocycles. The molecule has 0 spiro atoms. The van der Waals surface area contributed by atoms with E-state index in [1.807, 2.05) is 49.4 Å². The van der Waals surface area contributed by atoms with E-state index in [1.54, 1.807) is 0 Å². The van der Waals surface area contributed by atoms with Crippen molar-refractivity contribution in [1.82, 2.24) is 4.98 Å². The summed E-state index contributed by atoms with van der Waals surface area (Å²) in [6.45, 7) is 1.90. The first kappa shape index (κ1) is 9.87. The van der Waals surface area contributed by atoms with Crippen LogP contribution in [0.2, 0.25) is 0 Å². The summed E-state index contributed by atoms with van der Waals surface area (Å²) in [5, 5.41) is 9.24. The van der Waals surface area contributed by atoms with Gasteiger partial charge in [-0.2, -0.15) is 0 Å². The zero-order valence-electron chi connectivity index (χ0n) is 8.64. The van der Waals surface area contributed by atoms with Gasteiger partial charge in [-0.3, -0.25) is 4.98 Å². The van der Waals surface area contributed by atoms with Gasteiger partial charge in [-0.05, 0) is 18.6 Å². The number of hydrogen-bond donors (Lipinski definition) is 1. The SMILES string of the molecule is Cc1ccc(-c2ccccc2)c(CO)n1. The van der Waals surface area contributed by atoms with Gasteiger partial charge in [-0.15, -0.1) is 0 Å². The number of hydrogen-bond acceptors (Lipinski definition) is 2. The molecule has 0 saturated carbocycles. The highest BCUT2D eigenvalue weighted by atomic mass is 16.3. The van der Waals surface area contributed by atoms with E-state index < -0.39 is 0 Å². The summed E-state index contributed by atoms with van der Waals surface area (Å²) in [4.78, 5) is 4.32. The summed E-state index contributed by atoms with van der Waals surface area (Å²) in [5.74, 6) is 0. The summed E-state index contributed by atoms with van der Waals surface area (Å²) >= 11 is 0. The Hall–Kier alpha value is -1.67. The fourth-order valence-electron chi connectivity index (χ4n) is 1.61. The molecule has 1 aromatic carbocycles. The van der Waals surface area contributed by atoms with E-state index in [4.69, 9.17) is 0 Å². The Morgan fingerprint density at radius 3 is 2.47 bits per heavy atom. The van der Waals surface area contributed by atoms with Crippen LogP contribution in [0.1, 0.15) is 11.4 Å². The molecule has 0 aliphatic rings. The van der Waals surface area contributed by atoms with Crippen LogP contribution in [-0.2, 0) is 6.61 Å². The van der Waals surface area contributed by atoms with Gasteiger partial charge in [0, 0.05) is 11.3 Å². The highest BCUT2D eigenvalue weighted by Crippen LogP contribution is 2.22. The second-order valence-electron chi connectivity index (χ2n) is 3.47. The Morgan fingerprint density at radius 2 is 1.80 bits per heavy atom. The monoisotopic (exact) mass is 199 g/mol. The highest BCUT2D eigenvalue weighted by molar-refractivity contribution is 5.65. The lowest BCUT2D eigenvalue weighted by Crippen LogP contribution is -1.95. The minimum Gasteiger partial charge on any atom is -0.390 e. The molecular formula is C13H13NO. The number of aliphatic hydroxyl groups excluding tert-OH is 1. The van der Waals surface area contributed by atoms with Crippen LogP contribution in [0.3, 0.4) is 0 Å².